The number of carbonyl (C=O) groups excluding carboxylic acids is 2. The van der Waals surface area contributed by atoms with Gasteiger partial charge in [0.2, 0.25) is 0 Å². The molecule has 0 saturated carbocycles. The molecule has 0 aliphatic carbocycles. The standard InChI is InChI=1S/C40H46N4O12S/c1-49-25-19-33(53-5)27(34(20-25)54-6)11-15-37(23-9-13-31(51-3)29(17-23)43-39(41)45)57(47,48)38(24-10-14-32(52-4)30(18-24)44-40(42)46)16-12-28-35(55-7)21-26(50-2)22-36(28)56-8/h9-22,37-38H,1-8H3,(H3,41,43,45)(H3,42,44,46)/b15-11+,16-12+. The van der Waals surface area contributed by atoms with Gasteiger partial charge in [-0.25, -0.2) is 18.0 Å². The fourth-order valence-electron chi connectivity index (χ4n) is 6.01. The number of nitrogens with one attached hydrogen (secondary N) is 2. The lowest BCUT2D eigenvalue weighted by molar-refractivity contribution is 0.258. The average molecular weight is 807 g/mol. The largest absolute Gasteiger partial charge is 0.496 e. The highest BCUT2D eigenvalue weighted by Crippen LogP contribution is 2.44. The molecule has 4 rings (SSSR count). The molecule has 0 heterocycles. The minimum Gasteiger partial charge on any atom is -0.496 e. The van der Waals surface area contributed by atoms with Crippen molar-refractivity contribution < 1.29 is 55.9 Å². The minimum atomic E-state index is -4.50. The molecule has 0 bridgehead atoms. The van der Waals surface area contributed by atoms with Gasteiger partial charge in [-0.15, -0.1) is 0 Å². The lowest BCUT2D eigenvalue weighted by Crippen LogP contribution is -2.22. The van der Waals surface area contributed by atoms with Crippen molar-refractivity contribution in [1.82, 2.24) is 0 Å². The number of amides is 4. The van der Waals surface area contributed by atoms with Crippen LogP contribution in [0.2, 0.25) is 0 Å². The molecule has 4 aromatic rings. The van der Waals surface area contributed by atoms with E-state index >= 15 is 8.42 Å². The Morgan fingerprint density at radius 1 is 0.509 bits per heavy atom. The molecule has 0 spiro atoms. The molecule has 2 unspecified atom stereocenters. The summed E-state index contributed by atoms with van der Waals surface area (Å²) in [6.45, 7) is 0. The number of hydrogen-bond donors (Lipinski definition) is 4. The van der Waals surface area contributed by atoms with Gasteiger partial charge in [0.05, 0.1) is 79.4 Å². The molecule has 57 heavy (non-hydrogen) atoms. The first-order valence-corrected chi connectivity index (χ1v) is 18.6. The number of rotatable bonds is 18. The summed E-state index contributed by atoms with van der Waals surface area (Å²) in [5.74, 6) is 2.66. The summed E-state index contributed by atoms with van der Waals surface area (Å²) in [4.78, 5) is 24.1. The van der Waals surface area contributed by atoms with Gasteiger partial charge in [-0.2, -0.15) is 0 Å². The number of carbonyl (C=O) groups is 2. The third kappa shape index (κ3) is 9.93. The highest BCUT2D eigenvalue weighted by molar-refractivity contribution is 7.92. The van der Waals surface area contributed by atoms with E-state index in [0.717, 1.165) is 0 Å². The number of benzene rings is 4. The Kier molecular flexibility index (Phi) is 14.5. The summed E-state index contributed by atoms with van der Waals surface area (Å²) in [5.41, 5.74) is 12.4. The predicted octanol–water partition coefficient (Wildman–Crippen LogP) is 6.36. The average Bonchev–Trinajstić information content (AvgIpc) is 3.20. The molecule has 17 heteroatoms. The van der Waals surface area contributed by atoms with E-state index in [0.29, 0.717) is 45.6 Å². The Balaban J connectivity index is 2.09. The van der Waals surface area contributed by atoms with E-state index in [1.54, 1.807) is 48.6 Å². The van der Waals surface area contributed by atoms with Crippen LogP contribution in [-0.4, -0.2) is 77.4 Å². The minimum absolute atomic E-state index is 0.118. The van der Waals surface area contributed by atoms with Crippen LogP contribution in [-0.2, 0) is 9.84 Å². The van der Waals surface area contributed by atoms with Crippen LogP contribution in [0.25, 0.3) is 12.2 Å². The summed E-state index contributed by atoms with van der Waals surface area (Å²) in [5, 5.41) is 2.07. The smallest absolute Gasteiger partial charge is 0.316 e. The van der Waals surface area contributed by atoms with Gasteiger partial charge in [0, 0.05) is 24.3 Å². The van der Waals surface area contributed by atoms with E-state index in [1.807, 2.05) is 0 Å². The first kappa shape index (κ1) is 43.0. The maximum absolute atomic E-state index is 15.5. The normalized spacial score (nSPS) is 12.4. The zero-order valence-corrected chi connectivity index (χ0v) is 33.5. The number of primary amides is 2. The molecule has 6 N–H and O–H groups in total. The molecule has 0 aromatic heterocycles. The van der Waals surface area contributed by atoms with Gasteiger partial charge >= 0.3 is 12.1 Å². The highest BCUT2D eigenvalue weighted by atomic mass is 32.2. The molecule has 304 valence electrons. The van der Waals surface area contributed by atoms with Gasteiger partial charge in [-0.1, -0.05) is 24.3 Å². The van der Waals surface area contributed by atoms with Crippen LogP contribution in [0.1, 0.15) is 32.8 Å². The number of urea groups is 2. The third-order valence-corrected chi connectivity index (χ3v) is 11.0. The molecule has 0 aliphatic rings. The summed E-state index contributed by atoms with van der Waals surface area (Å²) in [7, 11) is 7.07. The SMILES string of the molecule is COc1cc(OC)c(/C=C/C(c2ccc(OC)c(NC(N)=O)c2)S(=O)(=O)C(/C=C/c2c(OC)cc(OC)cc2OC)c2ccc(OC)c(NC(N)=O)c2)c(OC)c1. The molecule has 4 aromatic carbocycles. The van der Waals surface area contributed by atoms with Gasteiger partial charge in [-0.05, 0) is 47.5 Å². The van der Waals surface area contributed by atoms with Gasteiger partial charge in [0.1, 0.15) is 56.5 Å². The molecule has 0 fully saturated rings. The van der Waals surface area contributed by atoms with Crippen LogP contribution in [0.4, 0.5) is 21.0 Å². The second kappa shape index (κ2) is 19.2. The van der Waals surface area contributed by atoms with E-state index in [2.05, 4.69) is 10.6 Å². The summed E-state index contributed by atoms with van der Waals surface area (Å²) in [6, 6.07) is 13.7. The first-order valence-electron chi connectivity index (χ1n) is 17.0. The fraction of sp³-hybridized carbons (Fsp3) is 0.250. The van der Waals surface area contributed by atoms with Crippen molar-refractivity contribution in [3.63, 3.8) is 0 Å². The monoisotopic (exact) mass is 806 g/mol. The van der Waals surface area contributed by atoms with E-state index < -0.39 is 32.4 Å². The van der Waals surface area contributed by atoms with E-state index in [-0.39, 0.29) is 34.0 Å². The van der Waals surface area contributed by atoms with Crippen LogP contribution in [0, 0.1) is 0 Å². The Morgan fingerprint density at radius 3 is 1.09 bits per heavy atom. The van der Waals surface area contributed by atoms with Gasteiger partial charge < -0.3 is 60.0 Å². The second-order valence-electron chi connectivity index (χ2n) is 11.9. The summed E-state index contributed by atoms with van der Waals surface area (Å²) in [6.07, 6.45) is 6.02. The summed E-state index contributed by atoms with van der Waals surface area (Å²) < 4.78 is 75.2. The van der Waals surface area contributed by atoms with Crippen molar-refractivity contribution >= 4 is 45.4 Å². The Bertz CT molecular complexity index is 2060. The van der Waals surface area contributed by atoms with Crippen LogP contribution in [0.5, 0.6) is 46.0 Å². The van der Waals surface area contributed by atoms with Crippen LogP contribution in [0.3, 0.4) is 0 Å². The van der Waals surface area contributed by atoms with Crippen molar-refractivity contribution in [2.75, 3.05) is 67.5 Å². The maximum Gasteiger partial charge on any atom is 0.316 e. The third-order valence-electron chi connectivity index (χ3n) is 8.71. The Hall–Kier alpha value is -6.75. The zero-order valence-electron chi connectivity index (χ0n) is 32.7. The Labute approximate surface area is 331 Å². The second-order valence-corrected chi connectivity index (χ2v) is 14.1. The lowest BCUT2D eigenvalue weighted by atomic mass is 10.1. The van der Waals surface area contributed by atoms with E-state index in [9.17, 15) is 9.59 Å². The number of anilines is 2. The molecule has 4 amide bonds. The van der Waals surface area contributed by atoms with Gasteiger partial charge in [-0.3, -0.25) is 0 Å². The number of ether oxygens (including phenoxy) is 8. The quantitative estimate of drug-likeness (QED) is 0.0864. The lowest BCUT2D eigenvalue weighted by Gasteiger charge is -2.24. The van der Waals surface area contributed by atoms with Crippen LogP contribution in [0.15, 0.2) is 72.8 Å². The molecule has 0 radical (unpaired) electrons. The number of hydrogen-bond acceptors (Lipinski definition) is 12. The molecule has 16 nitrogen and oxygen atoms in total. The molecule has 0 saturated heterocycles. The number of methoxy groups -OCH3 is 8. The predicted molar refractivity (Wildman–Crippen MR) is 217 cm³/mol. The molecule has 0 aliphatic heterocycles. The first-order chi connectivity index (χ1) is 27.3. The van der Waals surface area contributed by atoms with Crippen LogP contribution < -0.4 is 60.0 Å². The number of sulfone groups is 1. The maximum atomic E-state index is 15.5. The number of nitrogens with two attached hydrogens (primary N) is 2. The van der Waals surface area contributed by atoms with Crippen molar-refractivity contribution in [2.24, 2.45) is 11.5 Å². The van der Waals surface area contributed by atoms with Crippen molar-refractivity contribution in [3.05, 3.63) is 95.1 Å². The Morgan fingerprint density at radius 2 is 0.825 bits per heavy atom. The van der Waals surface area contributed by atoms with Crippen molar-refractivity contribution in [1.29, 1.82) is 0 Å². The van der Waals surface area contributed by atoms with E-state index in [1.165, 1.54) is 93.3 Å². The fourth-order valence-corrected chi connectivity index (χ4v) is 7.97. The van der Waals surface area contributed by atoms with Crippen LogP contribution >= 0.6 is 0 Å². The topological polar surface area (TPSA) is 218 Å². The molecular weight excluding hydrogens is 761 g/mol. The van der Waals surface area contributed by atoms with E-state index in [4.69, 9.17) is 49.4 Å². The summed E-state index contributed by atoms with van der Waals surface area (Å²) >= 11 is 0. The van der Waals surface area contributed by atoms with Gasteiger partial charge in [0.15, 0.2) is 9.84 Å². The molecular formula is C40H46N4O12S. The van der Waals surface area contributed by atoms with Crippen molar-refractivity contribution in [3.8, 4) is 46.0 Å². The highest BCUT2D eigenvalue weighted by Gasteiger charge is 2.35. The zero-order chi connectivity index (χ0) is 41.9. The van der Waals surface area contributed by atoms with Crippen molar-refractivity contribution in [2.45, 2.75) is 10.5 Å². The molecule has 2 atom stereocenters. The van der Waals surface area contributed by atoms with Gasteiger partial charge in [0.25, 0.3) is 0 Å².